The van der Waals surface area contributed by atoms with E-state index >= 15 is 0 Å². The van der Waals surface area contributed by atoms with Crippen LogP contribution in [0.15, 0.2) is 18.2 Å². The number of hydrogen-bond donors (Lipinski definition) is 2. The number of amides is 1. The number of nitrogens with one attached hydrogen (secondary N) is 2. The third-order valence-corrected chi connectivity index (χ3v) is 5.22. The smallest absolute Gasteiger partial charge is 0.348 e. The van der Waals surface area contributed by atoms with E-state index in [1.165, 1.54) is 14.2 Å². The molecule has 0 aliphatic carbocycles. The number of ether oxygens (including phenoxy) is 2. The summed E-state index contributed by atoms with van der Waals surface area (Å²) < 4.78 is 9.47. The first kappa shape index (κ1) is 20.7. The highest BCUT2D eigenvalue weighted by Crippen LogP contribution is 2.34. The van der Waals surface area contributed by atoms with Gasteiger partial charge in [0.25, 0.3) is 0 Å². The monoisotopic (exact) mass is 410 g/mol. The van der Waals surface area contributed by atoms with Gasteiger partial charge in [-0.1, -0.05) is 17.7 Å². The van der Waals surface area contributed by atoms with Crippen LogP contribution in [0.5, 0.6) is 0 Å². The van der Waals surface area contributed by atoms with E-state index in [0.29, 0.717) is 16.3 Å². The Bertz CT molecular complexity index is 894. The van der Waals surface area contributed by atoms with E-state index in [2.05, 4.69) is 10.6 Å². The summed E-state index contributed by atoms with van der Waals surface area (Å²) in [7, 11) is 2.47. The van der Waals surface area contributed by atoms with Gasteiger partial charge in [-0.25, -0.2) is 9.59 Å². The molecular formula is C18H19ClN2O5S. The first-order valence-corrected chi connectivity index (χ1v) is 9.07. The lowest BCUT2D eigenvalue weighted by molar-refractivity contribution is -0.114. The van der Waals surface area contributed by atoms with Crippen molar-refractivity contribution in [3.63, 3.8) is 0 Å². The van der Waals surface area contributed by atoms with Crippen molar-refractivity contribution in [2.24, 2.45) is 0 Å². The van der Waals surface area contributed by atoms with Gasteiger partial charge in [0.1, 0.15) is 9.88 Å². The van der Waals surface area contributed by atoms with E-state index in [-0.39, 0.29) is 22.0 Å². The molecule has 0 radical (unpaired) electrons. The standard InChI is InChI=1S/C18H19ClN2O5S/c1-9-5-6-12(11(19)7-9)20-8-13(22)21-16-14(17(23)25-3)10(2)15(27-16)18(24)26-4/h5-7,20H,8H2,1-4H3,(H,21,22). The first-order chi connectivity index (χ1) is 12.8. The van der Waals surface area contributed by atoms with Gasteiger partial charge in [0.15, 0.2) is 0 Å². The molecule has 0 saturated heterocycles. The Labute approximate surface area is 165 Å². The number of halogens is 1. The van der Waals surface area contributed by atoms with Crippen LogP contribution in [0.2, 0.25) is 5.02 Å². The lowest BCUT2D eigenvalue weighted by Gasteiger charge is -2.10. The Morgan fingerprint density at radius 3 is 2.37 bits per heavy atom. The van der Waals surface area contributed by atoms with Crippen molar-refractivity contribution in [1.29, 1.82) is 0 Å². The van der Waals surface area contributed by atoms with Crippen LogP contribution >= 0.6 is 22.9 Å². The fraction of sp³-hybridized carbons (Fsp3) is 0.278. The SMILES string of the molecule is COC(=O)c1sc(NC(=O)CNc2ccc(C)cc2Cl)c(C(=O)OC)c1C. The Balaban J connectivity index is 2.18. The summed E-state index contributed by atoms with van der Waals surface area (Å²) in [6, 6.07) is 5.42. The second kappa shape index (κ2) is 8.88. The molecular weight excluding hydrogens is 392 g/mol. The van der Waals surface area contributed by atoms with Crippen molar-refractivity contribution >= 4 is 51.5 Å². The largest absolute Gasteiger partial charge is 0.465 e. The Hall–Kier alpha value is -2.58. The molecule has 2 N–H and O–H groups in total. The minimum absolute atomic E-state index is 0.0755. The number of anilines is 2. The molecule has 2 aromatic rings. The third kappa shape index (κ3) is 4.78. The van der Waals surface area contributed by atoms with Crippen molar-refractivity contribution in [2.75, 3.05) is 31.4 Å². The number of benzene rings is 1. The van der Waals surface area contributed by atoms with Crippen LogP contribution in [0, 0.1) is 13.8 Å². The van der Waals surface area contributed by atoms with Crippen molar-refractivity contribution < 1.29 is 23.9 Å². The maximum absolute atomic E-state index is 12.3. The molecule has 0 atom stereocenters. The van der Waals surface area contributed by atoms with Gasteiger partial charge in [0, 0.05) is 0 Å². The highest BCUT2D eigenvalue weighted by molar-refractivity contribution is 7.18. The molecule has 1 amide bonds. The summed E-state index contributed by atoms with van der Waals surface area (Å²) >= 11 is 7.09. The van der Waals surface area contributed by atoms with Gasteiger partial charge in [-0.3, -0.25) is 4.79 Å². The topological polar surface area (TPSA) is 93.7 Å². The second-order valence-electron chi connectivity index (χ2n) is 5.63. The molecule has 1 aromatic heterocycles. The molecule has 2 rings (SSSR count). The lowest BCUT2D eigenvalue weighted by Crippen LogP contribution is -2.22. The zero-order valence-electron chi connectivity index (χ0n) is 15.3. The maximum atomic E-state index is 12.3. The van der Waals surface area contributed by atoms with Crippen molar-refractivity contribution in [1.82, 2.24) is 0 Å². The molecule has 1 heterocycles. The predicted molar refractivity (Wildman–Crippen MR) is 105 cm³/mol. The van der Waals surface area contributed by atoms with Gasteiger partial charge in [-0.15, -0.1) is 11.3 Å². The number of thiophene rings is 1. The molecule has 9 heteroatoms. The molecule has 144 valence electrons. The zero-order valence-corrected chi connectivity index (χ0v) is 16.8. The highest BCUT2D eigenvalue weighted by Gasteiger charge is 2.26. The molecule has 1 aromatic carbocycles. The third-order valence-electron chi connectivity index (χ3n) is 3.72. The van der Waals surface area contributed by atoms with Gasteiger partial charge in [-0.05, 0) is 37.1 Å². The van der Waals surface area contributed by atoms with Gasteiger partial charge in [0.05, 0.1) is 37.0 Å². The van der Waals surface area contributed by atoms with Crippen LogP contribution in [0.1, 0.15) is 31.2 Å². The number of rotatable bonds is 6. The fourth-order valence-corrected chi connectivity index (χ4v) is 3.78. The van der Waals surface area contributed by atoms with Gasteiger partial charge >= 0.3 is 11.9 Å². The number of hydrogen-bond acceptors (Lipinski definition) is 7. The number of aryl methyl sites for hydroxylation is 1. The summed E-state index contributed by atoms with van der Waals surface area (Å²) in [5.74, 6) is -1.65. The summed E-state index contributed by atoms with van der Waals surface area (Å²) in [5, 5.41) is 6.29. The molecule has 0 aliphatic heterocycles. The molecule has 27 heavy (non-hydrogen) atoms. The summed E-state index contributed by atoms with van der Waals surface area (Å²) in [4.78, 5) is 36.5. The van der Waals surface area contributed by atoms with Crippen molar-refractivity contribution in [2.45, 2.75) is 13.8 Å². The number of esters is 2. The molecule has 0 fully saturated rings. The molecule has 7 nitrogen and oxygen atoms in total. The van der Waals surface area contributed by atoms with E-state index in [1.54, 1.807) is 19.1 Å². The Morgan fingerprint density at radius 1 is 1.11 bits per heavy atom. The summed E-state index contributed by atoms with van der Waals surface area (Å²) in [6.45, 7) is 3.43. The van der Waals surface area contributed by atoms with E-state index in [0.717, 1.165) is 16.9 Å². The zero-order chi connectivity index (χ0) is 20.1. The molecule has 0 saturated carbocycles. The number of methoxy groups -OCH3 is 2. The summed E-state index contributed by atoms with van der Waals surface area (Å²) in [5.41, 5.74) is 2.14. The van der Waals surface area contributed by atoms with Crippen molar-refractivity contribution in [3.8, 4) is 0 Å². The first-order valence-electron chi connectivity index (χ1n) is 7.88. The lowest BCUT2D eigenvalue weighted by atomic mass is 10.1. The molecule has 0 bridgehead atoms. The van der Waals surface area contributed by atoms with E-state index in [1.807, 2.05) is 13.0 Å². The van der Waals surface area contributed by atoms with Crippen LogP contribution in [0.3, 0.4) is 0 Å². The number of carbonyl (C=O) groups is 3. The van der Waals surface area contributed by atoms with Crippen LogP contribution in [-0.4, -0.2) is 38.6 Å². The van der Waals surface area contributed by atoms with Gasteiger partial charge < -0.3 is 20.1 Å². The quantitative estimate of drug-likeness (QED) is 0.706. The minimum atomic E-state index is -0.649. The number of carbonyl (C=O) groups excluding carboxylic acids is 3. The summed E-state index contributed by atoms with van der Waals surface area (Å²) in [6.07, 6.45) is 0. The van der Waals surface area contributed by atoms with Crippen LogP contribution in [0.25, 0.3) is 0 Å². The highest BCUT2D eigenvalue weighted by atomic mass is 35.5. The van der Waals surface area contributed by atoms with E-state index in [9.17, 15) is 14.4 Å². The predicted octanol–water partition coefficient (Wildman–Crippen LogP) is 3.64. The van der Waals surface area contributed by atoms with E-state index < -0.39 is 17.8 Å². The molecule has 0 spiro atoms. The Morgan fingerprint density at radius 2 is 1.78 bits per heavy atom. The van der Waals surface area contributed by atoms with Crippen molar-refractivity contribution in [3.05, 3.63) is 44.8 Å². The van der Waals surface area contributed by atoms with Gasteiger partial charge in [-0.2, -0.15) is 0 Å². The average molecular weight is 411 g/mol. The van der Waals surface area contributed by atoms with Crippen LogP contribution in [0.4, 0.5) is 10.7 Å². The molecule has 0 aliphatic rings. The molecule has 0 unspecified atom stereocenters. The van der Waals surface area contributed by atoms with Crippen LogP contribution in [-0.2, 0) is 14.3 Å². The normalized spacial score (nSPS) is 10.3. The second-order valence-corrected chi connectivity index (χ2v) is 7.06. The minimum Gasteiger partial charge on any atom is -0.465 e. The van der Waals surface area contributed by atoms with E-state index in [4.69, 9.17) is 21.1 Å². The fourth-order valence-electron chi connectivity index (χ4n) is 2.35. The Kier molecular flexibility index (Phi) is 6.81. The van der Waals surface area contributed by atoms with Gasteiger partial charge in [0.2, 0.25) is 5.91 Å². The van der Waals surface area contributed by atoms with Crippen LogP contribution < -0.4 is 10.6 Å². The average Bonchev–Trinajstić information content (AvgIpc) is 2.95. The maximum Gasteiger partial charge on any atom is 0.348 e.